The lowest BCUT2D eigenvalue weighted by molar-refractivity contribution is -0.132. The maximum absolute atomic E-state index is 14.1. The number of amides is 1. The Morgan fingerprint density at radius 1 is 1.24 bits per heavy atom. The van der Waals surface area contributed by atoms with E-state index >= 15 is 0 Å². The number of nitrogens with zero attached hydrogens (tertiary/aromatic N) is 2. The van der Waals surface area contributed by atoms with E-state index < -0.39 is 11.7 Å². The second-order valence-corrected chi connectivity index (χ2v) is 10.2. The van der Waals surface area contributed by atoms with Crippen LogP contribution in [-0.2, 0) is 11.2 Å². The lowest BCUT2D eigenvalue weighted by atomic mass is 9.98. The third-order valence-corrected chi connectivity index (χ3v) is 6.83. The number of rotatable bonds is 11. The molecule has 1 unspecified atom stereocenters. The molecule has 1 aromatic carbocycles. The van der Waals surface area contributed by atoms with Crippen molar-refractivity contribution in [2.24, 2.45) is 10.9 Å². The second kappa shape index (κ2) is 15.6. The molecule has 2 N–H and O–H groups in total. The van der Waals surface area contributed by atoms with E-state index in [2.05, 4.69) is 28.6 Å². The van der Waals surface area contributed by atoms with Crippen LogP contribution >= 0.6 is 0 Å². The monoisotopic (exact) mass is 534 g/mol. The molecule has 2 rings (SSSR count). The number of likely N-dealkylation sites (tertiary alicyclic amines) is 1. The molecule has 1 aromatic rings. The molecule has 1 amide bonds. The van der Waals surface area contributed by atoms with Crippen molar-refractivity contribution in [1.29, 1.82) is 0 Å². The van der Waals surface area contributed by atoms with Gasteiger partial charge < -0.3 is 15.5 Å². The summed E-state index contributed by atoms with van der Waals surface area (Å²) < 4.78 is 42.4. The maximum Gasteiger partial charge on any atom is 0.419 e. The fourth-order valence-electron chi connectivity index (χ4n) is 4.52. The van der Waals surface area contributed by atoms with E-state index in [4.69, 9.17) is 0 Å². The molecule has 0 radical (unpaired) electrons. The second-order valence-electron chi connectivity index (χ2n) is 10.2. The van der Waals surface area contributed by atoms with Gasteiger partial charge in [0, 0.05) is 43.6 Å². The standard InChI is InChI=1S/C30H45F3N4O/c1-6-8-12-28(34-17-10-18-37-19-16-22(3)11-9-13-29(37)38)26(30(31,32)33)21-35-24(5)36-27-15-14-23(4)20-25(27)7-2/h12,14-15,20-22,34H,6-11,13,16-19H2,1-5H3,(H,35,36)/b26-21+,28-12-. The number of aryl methyl sites for hydroxylation is 2. The zero-order valence-corrected chi connectivity index (χ0v) is 23.7. The maximum atomic E-state index is 14.1. The van der Waals surface area contributed by atoms with Crippen molar-refractivity contribution >= 4 is 17.4 Å². The van der Waals surface area contributed by atoms with Crippen LogP contribution in [-0.4, -0.2) is 42.5 Å². The Kier molecular flexibility index (Phi) is 12.9. The predicted molar refractivity (Wildman–Crippen MR) is 151 cm³/mol. The molecule has 0 aliphatic carbocycles. The van der Waals surface area contributed by atoms with Gasteiger partial charge in [-0.1, -0.05) is 57.4 Å². The molecule has 1 aliphatic heterocycles. The number of allylic oxidation sites excluding steroid dienone is 2. The van der Waals surface area contributed by atoms with E-state index in [9.17, 15) is 18.0 Å². The van der Waals surface area contributed by atoms with Crippen LogP contribution < -0.4 is 10.6 Å². The molecule has 38 heavy (non-hydrogen) atoms. The molecule has 8 heteroatoms. The zero-order chi connectivity index (χ0) is 28.1. The summed E-state index contributed by atoms with van der Waals surface area (Å²) in [5, 5.41) is 6.14. The van der Waals surface area contributed by atoms with Gasteiger partial charge in [0.2, 0.25) is 5.91 Å². The quantitative estimate of drug-likeness (QED) is 0.133. The van der Waals surface area contributed by atoms with Crippen LogP contribution in [0.3, 0.4) is 0 Å². The molecule has 1 heterocycles. The third-order valence-electron chi connectivity index (χ3n) is 6.83. The minimum absolute atomic E-state index is 0.0353. The first-order valence-corrected chi connectivity index (χ1v) is 14.0. The van der Waals surface area contributed by atoms with Gasteiger partial charge in [0.1, 0.15) is 5.84 Å². The number of halogens is 3. The van der Waals surface area contributed by atoms with Gasteiger partial charge in [0.15, 0.2) is 0 Å². The summed E-state index contributed by atoms with van der Waals surface area (Å²) in [5.41, 5.74) is 2.28. The highest BCUT2D eigenvalue weighted by atomic mass is 19.4. The summed E-state index contributed by atoms with van der Waals surface area (Å²) >= 11 is 0. The van der Waals surface area contributed by atoms with Gasteiger partial charge in [-0.05, 0) is 63.5 Å². The van der Waals surface area contributed by atoms with E-state index in [0.29, 0.717) is 50.7 Å². The van der Waals surface area contributed by atoms with E-state index in [1.54, 1.807) is 13.0 Å². The highest BCUT2D eigenvalue weighted by Crippen LogP contribution is 2.31. The van der Waals surface area contributed by atoms with Crippen LogP contribution in [0, 0.1) is 12.8 Å². The number of benzene rings is 1. The summed E-state index contributed by atoms with van der Waals surface area (Å²) in [6.45, 7) is 11.4. The lowest BCUT2D eigenvalue weighted by Gasteiger charge is -2.27. The van der Waals surface area contributed by atoms with Crippen LogP contribution in [0.5, 0.6) is 0 Å². The van der Waals surface area contributed by atoms with Gasteiger partial charge in [0.05, 0.1) is 5.57 Å². The minimum Gasteiger partial charge on any atom is -0.385 e. The van der Waals surface area contributed by atoms with Crippen molar-refractivity contribution < 1.29 is 18.0 Å². The Bertz CT molecular complexity index is 998. The van der Waals surface area contributed by atoms with E-state index in [1.807, 2.05) is 37.8 Å². The predicted octanol–water partition coefficient (Wildman–Crippen LogP) is 7.54. The molecule has 212 valence electrons. The first-order valence-electron chi connectivity index (χ1n) is 14.0. The SMILES string of the molecule is CCC/C=C(NCCCN1CCC(C)CCCC1=O)/C(=C\N=C(C)Nc1ccc(C)cc1CC)C(F)(F)F. The Balaban J connectivity index is 2.13. The fraction of sp³-hybridized carbons (Fsp3) is 0.600. The largest absolute Gasteiger partial charge is 0.419 e. The number of hydrogen-bond donors (Lipinski definition) is 2. The summed E-state index contributed by atoms with van der Waals surface area (Å²) in [4.78, 5) is 18.4. The third kappa shape index (κ3) is 10.5. The average molecular weight is 535 g/mol. The van der Waals surface area contributed by atoms with Gasteiger partial charge in [-0.15, -0.1) is 0 Å². The first kappa shape index (κ1) is 31.4. The smallest absolute Gasteiger partial charge is 0.385 e. The Labute approximate surface area is 226 Å². The number of alkyl halides is 3. The first-order chi connectivity index (χ1) is 18.0. The molecule has 5 nitrogen and oxygen atoms in total. The molecule has 1 aliphatic rings. The fourth-order valence-corrected chi connectivity index (χ4v) is 4.52. The van der Waals surface area contributed by atoms with Gasteiger partial charge in [-0.3, -0.25) is 4.79 Å². The zero-order valence-electron chi connectivity index (χ0n) is 23.7. The summed E-state index contributed by atoms with van der Waals surface area (Å²) in [7, 11) is 0. The number of nitrogens with one attached hydrogen (secondary N) is 2. The summed E-state index contributed by atoms with van der Waals surface area (Å²) in [6.07, 6.45) is 4.04. The Morgan fingerprint density at radius 2 is 2.00 bits per heavy atom. The minimum atomic E-state index is -4.57. The van der Waals surface area contributed by atoms with Crippen molar-refractivity contribution in [3.8, 4) is 0 Å². The Morgan fingerprint density at radius 3 is 2.68 bits per heavy atom. The van der Waals surface area contributed by atoms with Crippen molar-refractivity contribution in [2.75, 3.05) is 25.0 Å². The van der Waals surface area contributed by atoms with Crippen molar-refractivity contribution in [1.82, 2.24) is 10.2 Å². The van der Waals surface area contributed by atoms with E-state index in [1.165, 1.54) is 0 Å². The van der Waals surface area contributed by atoms with Crippen molar-refractivity contribution in [3.05, 3.63) is 52.9 Å². The molecule has 0 saturated carbocycles. The summed E-state index contributed by atoms with van der Waals surface area (Å²) in [5.74, 6) is 1.11. The molecule has 0 aromatic heterocycles. The van der Waals surface area contributed by atoms with Crippen LogP contribution in [0.25, 0.3) is 0 Å². The molecule has 0 spiro atoms. The van der Waals surface area contributed by atoms with Gasteiger partial charge in [0.25, 0.3) is 0 Å². The number of hydrogen-bond acceptors (Lipinski definition) is 3. The highest BCUT2D eigenvalue weighted by molar-refractivity contribution is 5.94. The number of anilines is 1. The average Bonchev–Trinajstić information content (AvgIpc) is 2.85. The van der Waals surface area contributed by atoms with Crippen LogP contribution in [0.15, 0.2) is 46.7 Å². The normalized spacial score (nSPS) is 18.3. The Hall–Kier alpha value is -2.77. The van der Waals surface area contributed by atoms with Gasteiger partial charge >= 0.3 is 6.18 Å². The highest BCUT2D eigenvalue weighted by Gasteiger charge is 2.36. The lowest BCUT2D eigenvalue weighted by Crippen LogP contribution is -2.36. The van der Waals surface area contributed by atoms with Gasteiger partial charge in [-0.2, -0.15) is 13.2 Å². The molecule has 1 saturated heterocycles. The van der Waals surface area contributed by atoms with Crippen molar-refractivity contribution in [2.45, 2.75) is 92.2 Å². The number of carbonyl (C=O) groups is 1. The number of aliphatic imine (C=N–C) groups is 1. The molecular weight excluding hydrogens is 489 g/mol. The summed E-state index contributed by atoms with van der Waals surface area (Å²) in [6, 6.07) is 5.94. The molecule has 0 bridgehead atoms. The molecular formula is C30H45F3N4O. The number of unbranched alkanes of at least 4 members (excludes halogenated alkanes) is 1. The number of amidine groups is 1. The van der Waals surface area contributed by atoms with Gasteiger partial charge in [-0.25, -0.2) is 4.99 Å². The van der Waals surface area contributed by atoms with E-state index in [-0.39, 0.29) is 11.6 Å². The molecule has 1 fully saturated rings. The van der Waals surface area contributed by atoms with Crippen LogP contribution in [0.2, 0.25) is 0 Å². The number of carbonyl (C=O) groups excluding carboxylic acids is 1. The molecule has 1 atom stereocenters. The topological polar surface area (TPSA) is 56.7 Å². The van der Waals surface area contributed by atoms with E-state index in [0.717, 1.165) is 55.1 Å². The van der Waals surface area contributed by atoms with Crippen molar-refractivity contribution in [3.63, 3.8) is 0 Å². The van der Waals surface area contributed by atoms with Crippen LogP contribution in [0.1, 0.15) is 83.8 Å². The van der Waals surface area contributed by atoms with Crippen LogP contribution in [0.4, 0.5) is 18.9 Å².